The lowest BCUT2D eigenvalue weighted by atomic mass is 10.0. The van der Waals surface area contributed by atoms with Crippen molar-refractivity contribution in [3.8, 4) is 0 Å². The van der Waals surface area contributed by atoms with Crippen LogP contribution in [0.15, 0.2) is 0 Å². The molecule has 0 saturated carbocycles. The summed E-state index contributed by atoms with van der Waals surface area (Å²) in [6, 6.07) is 0.428. The Labute approximate surface area is 91.0 Å². The predicted molar refractivity (Wildman–Crippen MR) is 57.6 cm³/mol. The van der Waals surface area contributed by atoms with E-state index in [-0.39, 0.29) is 5.91 Å². The number of carbonyl (C=O) groups is 1. The molecule has 1 N–H and O–H groups in total. The van der Waals surface area contributed by atoms with Gasteiger partial charge in [0.1, 0.15) is 0 Å². The van der Waals surface area contributed by atoms with Crippen LogP contribution >= 0.6 is 0 Å². The maximum absolute atomic E-state index is 11.8. The molecule has 0 spiro atoms. The first-order chi connectivity index (χ1) is 7.27. The Balaban J connectivity index is 1.66. The average molecular weight is 212 g/mol. The Morgan fingerprint density at radius 3 is 2.87 bits per heavy atom. The molecule has 0 aromatic carbocycles. The number of nitrogens with zero attached hydrogens (tertiary/aromatic N) is 1. The van der Waals surface area contributed by atoms with Gasteiger partial charge in [-0.15, -0.1) is 0 Å². The fraction of sp³-hybridized carbons (Fsp3) is 0.909. The van der Waals surface area contributed by atoms with Crippen LogP contribution in [0.2, 0.25) is 0 Å². The number of hydrogen-bond donors (Lipinski definition) is 1. The summed E-state index contributed by atoms with van der Waals surface area (Å²) in [5.74, 6) is 0.898. The molecule has 2 aliphatic heterocycles. The first-order valence-electron chi connectivity index (χ1n) is 5.81. The van der Waals surface area contributed by atoms with E-state index in [0.717, 1.165) is 39.1 Å². The van der Waals surface area contributed by atoms with Crippen LogP contribution in [0.5, 0.6) is 0 Å². The number of likely N-dealkylation sites (N-methyl/N-ethyl adjacent to an activating group) is 1. The maximum atomic E-state index is 11.8. The first-order valence-corrected chi connectivity index (χ1v) is 5.81. The predicted octanol–water partition coefficient (Wildman–Crippen LogP) is 0.233. The van der Waals surface area contributed by atoms with E-state index in [1.807, 2.05) is 11.9 Å². The van der Waals surface area contributed by atoms with E-state index in [1.54, 1.807) is 0 Å². The zero-order valence-corrected chi connectivity index (χ0v) is 9.37. The van der Waals surface area contributed by atoms with Crippen LogP contribution in [-0.4, -0.2) is 50.2 Å². The molecule has 4 nitrogen and oxygen atoms in total. The van der Waals surface area contributed by atoms with Crippen LogP contribution < -0.4 is 5.32 Å². The van der Waals surface area contributed by atoms with Crippen LogP contribution in [0.25, 0.3) is 0 Å². The van der Waals surface area contributed by atoms with Gasteiger partial charge in [0, 0.05) is 39.8 Å². The summed E-state index contributed by atoms with van der Waals surface area (Å²) in [6.45, 7) is 3.63. The molecule has 2 aliphatic rings. The van der Waals surface area contributed by atoms with Gasteiger partial charge >= 0.3 is 0 Å². The molecule has 4 heteroatoms. The average Bonchev–Trinajstić information content (AvgIpc) is 2.63. The van der Waals surface area contributed by atoms with Gasteiger partial charge in [-0.3, -0.25) is 4.79 Å². The standard InChI is InChI=1S/C11H20N2O2/c1-13(10-6-12-7-10)11(14)3-2-9-4-5-15-8-9/h9-10,12H,2-8H2,1H3. The third-order valence-corrected chi connectivity index (χ3v) is 3.49. The summed E-state index contributed by atoms with van der Waals surface area (Å²) in [4.78, 5) is 13.7. The van der Waals surface area contributed by atoms with Crippen LogP contribution in [0, 0.1) is 5.92 Å². The molecule has 2 saturated heterocycles. The summed E-state index contributed by atoms with van der Waals surface area (Å²) in [5, 5.41) is 3.18. The molecule has 1 atom stereocenters. The molecule has 0 aliphatic carbocycles. The van der Waals surface area contributed by atoms with Gasteiger partial charge in [0.2, 0.25) is 5.91 Å². The fourth-order valence-corrected chi connectivity index (χ4v) is 2.07. The summed E-state index contributed by atoms with van der Waals surface area (Å²) in [5.41, 5.74) is 0. The minimum atomic E-state index is 0.286. The molecule has 15 heavy (non-hydrogen) atoms. The molecule has 0 radical (unpaired) electrons. The molecule has 0 bridgehead atoms. The van der Waals surface area contributed by atoms with Crippen molar-refractivity contribution in [2.24, 2.45) is 5.92 Å². The van der Waals surface area contributed by atoms with E-state index < -0.39 is 0 Å². The van der Waals surface area contributed by atoms with Gasteiger partial charge < -0.3 is 15.0 Å². The van der Waals surface area contributed by atoms with E-state index in [4.69, 9.17) is 4.74 Å². The lowest BCUT2D eigenvalue weighted by Gasteiger charge is -2.35. The Morgan fingerprint density at radius 1 is 1.53 bits per heavy atom. The highest BCUT2D eigenvalue weighted by atomic mass is 16.5. The van der Waals surface area contributed by atoms with E-state index in [9.17, 15) is 4.79 Å². The third kappa shape index (κ3) is 2.69. The molecule has 2 fully saturated rings. The van der Waals surface area contributed by atoms with E-state index in [1.165, 1.54) is 0 Å². The maximum Gasteiger partial charge on any atom is 0.222 e. The zero-order chi connectivity index (χ0) is 10.7. The minimum Gasteiger partial charge on any atom is -0.381 e. The monoisotopic (exact) mass is 212 g/mol. The molecule has 1 amide bonds. The van der Waals surface area contributed by atoms with Gasteiger partial charge in [0.15, 0.2) is 0 Å². The first kappa shape index (κ1) is 10.9. The minimum absolute atomic E-state index is 0.286. The number of hydrogen-bond acceptors (Lipinski definition) is 3. The molecule has 1 unspecified atom stereocenters. The van der Waals surface area contributed by atoms with Crippen molar-refractivity contribution in [3.05, 3.63) is 0 Å². The normalized spacial score (nSPS) is 26.3. The quantitative estimate of drug-likeness (QED) is 0.725. The van der Waals surface area contributed by atoms with Gasteiger partial charge in [-0.25, -0.2) is 0 Å². The largest absolute Gasteiger partial charge is 0.381 e. The summed E-state index contributed by atoms with van der Waals surface area (Å²) < 4.78 is 5.29. The Hall–Kier alpha value is -0.610. The van der Waals surface area contributed by atoms with Crippen molar-refractivity contribution in [1.29, 1.82) is 0 Å². The van der Waals surface area contributed by atoms with E-state index in [0.29, 0.717) is 18.4 Å². The van der Waals surface area contributed by atoms with Gasteiger partial charge in [0.05, 0.1) is 6.04 Å². The molecule has 2 rings (SSSR count). The number of ether oxygens (including phenoxy) is 1. The summed E-state index contributed by atoms with van der Waals surface area (Å²) >= 11 is 0. The number of amides is 1. The van der Waals surface area contributed by atoms with Crippen LogP contribution in [0.4, 0.5) is 0 Å². The Morgan fingerprint density at radius 2 is 2.33 bits per heavy atom. The molecule has 86 valence electrons. The zero-order valence-electron chi connectivity index (χ0n) is 9.37. The molecule has 0 aromatic heterocycles. The Kier molecular flexibility index (Phi) is 3.59. The van der Waals surface area contributed by atoms with Gasteiger partial charge in [-0.05, 0) is 18.8 Å². The second-order valence-electron chi connectivity index (χ2n) is 4.59. The van der Waals surface area contributed by atoms with Crippen LogP contribution in [-0.2, 0) is 9.53 Å². The third-order valence-electron chi connectivity index (χ3n) is 3.49. The Bertz CT molecular complexity index is 223. The summed E-state index contributed by atoms with van der Waals surface area (Å²) in [6.07, 6.45) is 2.80. The van der Waals surface area contributed by atoms with E-state index >= 15 is 0 Å². The van der Waals surface area contributed by atoms with Crippen molar-refractivity contribution >= 4 is 5.91 Å². The fourth-order valence-electron chi connectivity index (χ4n) is 2.07. The van der Waals surface area contributed by atoms with Crippen LogP contribution in [0.3, 0.4) is 0 Å². The second-order valence-corrected chi connectivity index (χ2v) is 4.59. The number of rotatable bonds is 4. The lowest BCUT2D eigenvalue weighted by molar-refractivity contribution is -0.133. The smallest absolute Gasteiger partial charge is 0.222 e. The van der Waals surface area contributed by atoms with Crippen molar-refractivity contribution in [2.45, 2.75) is 25.3 Å². The SMILES string of the molecule is CN(C(=O)CCC1CCOC1)C1CNC1. The summed E-state index contributed by atoms with van der Waals surface area (Å²) in [7, 11) is 1.92. The number of nitrogens with one attached hydrogen (secondary N) is 1. The van der Waals surface area contributed by atoms with Crippen molar-refractivity contribution < 1.29 is 9.53 Å². The van der Waals surface area contributed by atoms with Crippen molar-refractivity contribution in [3.63, 3.8) is 0 Å². The molecule has 0 aromatic rings. The number of carbonyl (C=O) groups excluding carboxylic acids is 1. The van der Waals surface area contributed by atoms with Gasteiger partial charge in [-0.2, -0.15) is 0 Å². The molecule has 2 heterocycles. The highest BCUT2D eigenvalue weighted by Crippen LogP contribution is 2.18. The highest BCUT2D eigenvalue weighted by Gasteiger charge is 2.25. The van der Waals surface area contributed by atoms with Gasteiger partial charge in [0.25, 0.3) is 0 Å². The van der Waals surface area contributed by atoms with Crippen molar-refractivity contribution in [1.82, 2.24) is 10.2 Å². The highest BCUT2D eigenvalue weighted by molar-refractivity contribution is 5.76. The van der Waals surface area contributed by atoms with Gasteiger partial charge in [-0.1, -0.05) is 0 Å². The molecular weight excluding hydrogens is 192 g/mol. The molecular formula is C11H20N2O2. The second kappa shape index (κ2) is 4.94. The lowest BCUT2D eigenvalue weighted by Crippen LogP contribution is -2.57. The topological polar surface area (TPSA) is 41.6 Å². The van der Waals surface area contributed by atoms with Crippen molar-refractivity contribution in [2.75, 3.05) is 33.4 Å². The van der Waals surface area contributed by atoms with Crippen LogP contribution in [0.1, 0.15) is 19.3 Å². The van der Waals surface area contributed by atoms with E-state index in [2.05, 4.69) is 5.32 Å².